The van der Waals surface area contributed by atoms with Crippen LogP contribution >= 0.6 is 11.6 Å². The number of sulfonamides is 1. The number of carbonyl (C=O) groups excluding carboxylic acids is 2. The first-order valence-electron chi connectivity index (χ1n) is 10.8. The van der Waals surface area contributed by atoms with Gasteiger partial charge in [-0.05, 0) is 48.7 Å². The van der Waals surface area contributed by atoms with Gasteiger partial charge in [-0.1, -0.05) is 29.8 Å². The van der Waals surface area contributed by atoms with E-state index in [2.05, 4.69) is 4.72 Å². The Labute approximate surface area is 198 Å². The molecule has 1 atom stereocenters. The van der Waals surface area contributed by atoms with Crippen molar-refractivity contribution in [1.82, 2.24) is 14.5 Å². The molecule has 1 amide bonds. The minimum absolute atomic E-state index is 0.0205. The van der Waals surface area contributed by atoms with Crippen molar-refractivity contribution in [3.63, 3.8) is 0 Å². The van der Waals surface area contributed by atoms with Crippen molar-refractivity contribution in [2.75, 3.05) is 33.3 Å². The fourth-order valence-corrected chi connectivity index (χ4v) is 5.46. The largest absolute Gasteiger partial charge is 0.468 e. The highest BCUT2D eigenvalue weighted by molar-refractivity contribution is 7.89. The Morgan fingerprint density at radius 3 is 2.24 bits per heavy atom. The number of hydrogen-bond acceptors (Lipinski definition) is 6. The molecular weight excluding hydrogens is 466 g/mol. The van der Waals surface area contributed by atoms with Gasteiger partial charge >= 0.3 is 5.97 Å². The fraction of sp³-hybridized carbons (Fsp3) is 0.391. The highest BCUT2D eigenvalue weighted by Crippen LogP contribution is 2.30. The van der Waals surface area contributed by atoms with Crippen LogP contribution in [0.25, 0.3) is 0 Å². The number of hydrogen-bond donors (Lipinski definition) is 1. The van der Waals surface area contributed by atoms with Gasteiger partial charge in [0.1, 0.15) is 6.04 Å². The fourth-order valence-electron chi connectivity index (χ4n) is 3.91. The standard InChI is InChI=1S/C23H26ClN3O5S/c1-32-23(29)21(19-4-2-3-5-20(19)24)26-12-14-27(15-13-26)22(28)16-6-10-18(11-7-16)33(30,31)25-17-8-9-17/h2-7,10-11,17,21,25H,8-9,12-15H2,1H3. The zero-order chi connectivity index (χ0) is 23.6. The Bertz CT molecular complexity index is 1130. The maximum atomic E-state index is 13.0. The van der Waals surface area contributed by atoms with Gasteiger partial charge in [-0.2, -0.15) is 0 Å². The van der Waals surface area contributed by atoms with Gasteiger partial charge in [-0.15, -0.1) is 0 Å². The van der Waals surface area contributed by atoms with Gasteiger partial charge in [0.05, 0.1) is 12.0 Å². The molecule has 1 heterocycles. The summed E-state index contributed by atoms with van der Waals surface area (Å²) >= 11 is 6.33. The first-order chi connectivity index (χ1) is 15.8. The van der Waals surface area contributed by atoms with Crippen LogP contribution in [0.5, 0.6) is 0 Å². The number of benzene rings is 2. The van der Waals surface area contributed by atoms with Gasteiger partial charge in [0, 0.05) is 42.8 Å². The second kappa shape index (κ2) is 9.80. The molecule has 2 aromatic carbocycles. The minimum atomic E-state index is -3.56. The van der Waals surface area contributed by atoms with Crippen molar-refractivity contribution in [1.29, 1.82) is 0 Å². The van der Waals surface area contributed by atoms with Crippen LogP contribution in [0.4, 0.5) is 0 Å². The van der Waals surface area contributed by atoms with Crippen molar-refractivity contribution in [3.05, 3.63) is 64.7 Å². The molecule has 8 nitrogen and oxygen atoms in total. The van der Waals surface area contributed by atoms with E-state index >= 15 is 0 Å². The van der Waals surface area contributed by atoms with E-state index in [1.54, 1.807) is 23.1 Å². The zero-order valence-corrected chi connectivity index (χ0v) is 19.8. The van der Waals surface area contributed by atoms with Crippen LogP contribution in [0.3, 0.4) is 0 Å². The van der Waals surface area contributed by atoms with Crippen molar-refractivity contribution in [2.24, 2.45) is 0 Å². The summed E-state index contributed by atoms with van der Waals surface area (Å²) in [5.41, 5.74) is 1.09. The molecule has 2 fully saturated rings. The molecule has 1 saturated heterocycles. The lowest BCUT2D eigenvalue weighted by molar-refractivity contribution is -0.148. The number of carbonyl (C=O) groups is 2. The second-order valence-corrected chi connectivity index (χ2v) is 10.3. The molecule has 2 aromatic rings. The zero-order valence-electron chi connectivity index (χ0n) is 18.2. The van der Waals surface area contributed by atoms with E-state index in [1.807, 2.05) is 11.0 Å². The van der Waals surface area contributed by atoms with E-state index in [4.69, 9.17) is 16.3 Å². The van der Waals surface area contributed by atoms with E-state index in [0.717, 1.165) is 12.8 Å². The highest BCUT2D eigenvalue weighted by Gasteiger charge is 2.34. The molecule has 33 heavy (non-hydrogen) atoms. The van der Waals surface area contributed by atoms with Crippen molar-refractivity contribution in [2.45, 2.75) is 29.8 Å². The third-order valence-electron chi connectivity index (χ3n) is 5.90. The van der Waals surface area contributed by atoms with Crippen LogP contribution in [0, 0.1) is 0 Å². The average molecular weight is 492 g/mol. The van der Waals surface area contributed by atoms with Crippen molar-refractivity contribution in [3.8, 4) is 0 Å². The van der Waals surface area contributed by atoms with E-state index < -0.39 is 22.0 Å². The Kier molecular flexibility index (Phi) is 7.04. The van der Waals surface area contributed by atoms with E-state index in [0.29, 0.717) is 42.3 Å². The number of amides is 1. The molecule has 2 aliphatic rings. The van der Waals surface area contributed by atoms with Crippen LogP contribution in [0.15, 0.2) is 53.4 Å². The molecule has 0 radical (unpaired) electrons. The Balaban J connectivity index is 1.42. The van der Waals surface area contributed by atoms with Gasteiger partial charge in [0.15, 0.2) is 0 Å². The Morgan fingerprint density at radius 2 is 1.67 bits per heavy atom. The normalized spacial score (nSPS) is 18.1. The Hall–Kier alpha value is -2.46. The summed E-state index contributed by atoms with van der Waals surface area (Å²) in [5.74, 6) is -0.583. The molecule has 1 unspecified atom stereocenters. The summed E-state index contributed by atoms with van der Waals surface area (Å²) in [4.78, 5) is 29.3. The smallest absolute Gasteiger partial charge is 0.327 e. The van der Waals surface area contributed by atoms with Crippen LogP contribution < -0.4 is 4.72 Å². The van der Waals surface area contributed by atoms with Crippen LogP contribution in [0.2, 0.25) is 5.02 Å². The van der Waals surface area contributed by atoms with Gasteiger partial charge in [-0.25, -0.2) is 17.9 Å². The lowest BCUT2D eigenvalue weighted by Crippen LogP contribution is -2.51. The Morgan fingerprint density at radius 1 is 1.03 bits per heavy atom. The summed E-state index contributed by atoms with van der Waals surface area (Å²) in [6.45, 7) is 1.77. The summed E-state index contributed by atoms with van der Waals surface area (Å²) in [5, 5.41) is 0.484. The molecule has 0 bridgehead atoms. The lowest BCUT2D eigenvalue weighted by atomic mass is 10.0. The molecule has 0 aromatic heterocycles. The maximum absolute atomic E-state index is 13.0. The third-order valence-corrected chi connectivity index (χ3v) is 7.78. The number of piperazine rings is 1. The maximum Gasteiger partial charge on any atom is 0.327 e. The highest BCUT2D eigenvalue weighted by atomic mass is 35.5. The van der Waals surface area contributed by atoms with Crippen LogP contribution in [-0.2, 0) is 19.6 Å². The number of nitrogens with zero attached hydrogens (tertiary/aromatic N) is 2. The van der Waals surface area contributed by atoms with Crippen molar-refractivity contribution >= 4 is 33.5 Å². The summed E-state index contributed by atoms with van der Waals surface area (Å²) in [6.07, 6.45) is 1.71. The summed E-state index contributed by atoms with van der Waals surface area (Å²) < 4.78 is 32.3. The molecule has 176 valence electrons. The lowest BCUT2D eigenvalue weighted by Gasteiger charge is -2.38. The number of halogens is 1. The monoisotopic (exact) mass is 491 g/mol. The molecular formula is C23H26ClN3O5S. The molecule has 1 aliphatic heterocycles. The summed E-state index contributed by atoms with van der Waals surface area (Å²) in [7, 11) is -2.21. The predicted octanol–water partition coefficient (Wildman–Crippen LogP) is 2.45. The van der Waals surface area contributed by atoms with Crippen LogP contribution in [-0.4, -0.2) is 69.4 Å². The number of ether oxygens (including phenoxy) is 1. The first kappa shape index (κ1) is 23.7. The topological polar surface area (TPSA) is 96.0 Å². The third kappa shape index (κ3) is 5.38. The number of methoxy groups -OCH3 is 1. The first-order valence-corrected chi connectivity index (χ1v) is 12.6. The molecule has 4 rings (SSSR count). The summed E-state index contributed by atoms with van der Waals surface area (Å²) in [6, 6.07) is 12.5. The molecule has 1 saturated carbocycles. The number of rotatable bonds is 7. The van der Waals surface area contributed by atoms with E-state index in [-0.39, 0.29) is 16.8 Å². The van der Waals surface area contributed by atoms with Gasteiger partial charge < -0.3 is 9.64 Å². The quantitative estimate of drug-likeness (QED) is 0.598. The molecule has 1 aliphatic carbocycles. The van der Waals surface area contributed by atoms with Gasteiger partial charge in [0.25, 0.3) is 5.91 Å². The van der Waals surface area contributed by atoms with Gasteiger partial charge in [-0.3, -0.25) is 9.69 Å². The van der Waals surface area contributed by atoms with E-state index in [9.17, 15) is 18.0 Å². The molecule has 0 spiro atoms. The van der Waals surface area contributed by atoms with Crippen molar-refractivity contribution < 1.29 is 22.7 Å². The molecule has 10 heteroatoms. The minimum Gasteiger partial charge on any atom is -0.468 e. The average Bonchev–Trinajstić information content (AvgIpc) is 3.63. The number of nitrogens with one attached hydrogen (secondary N) is 1. The van der Waals surface area contributed by atoms with Crippen LogP contribution in [0.1, 0.15) is 34.8 Å². The van der Waals surface area contributed by atoms with Gasteiger partial charge in [0.2, 0.25) is 10.0 Å². The predicted molar refractivity (Wildman–Crippen MR) is 123 cm³/mol. The second-order valence-electron chi connectivity index (χ2n) is 8.20. The number of esters is 1. The molecule has 1 N–H and O–H groups in total. The van der Waals surface area contributed by atoms with E-state index in [1.165, 1.54) is 31.4 Å². The SMILES string of the molecule is COC(=O)C(c1ccccc1Cl)N1CCN(C(=O)c2ccc(S(=O)(=O)NC3CC3)cc2)CC1.